The largest absolute Gasteiger partial charge is 0.465 e. The zero-order valence-corrected chi connectivity index (χ0v) is 8.51. The fourth-order valence-electron chi connectivity index (χ4n) is 1.46. The first-order valence-corrected chi connectivity index (χ1v) is 5.05. The third kappa shape index (κ3) is 4.27. The highest BCUT2D eigenvalue weighted by Gasteiger charge is 2.16. The van der Waals surface area contributed by atoms with Crippen LogP contribution < -0.4 is 5.32 Å². The molecule has 1 saturated heterocycles. The van der Waals surface area contributed by atoms with E-state index in [1.54, 1.807) is 0 Å². The fourth-order valence-corrected chi connectivity index (χ4v) is 1.46. The maximum absolute atomic E-state index is 11.2. The normalized spacial score (nSPS) is 22.2. The highest BCUT2D eigenvalue weighted by atomic mass is 16.5. The van der Waals surface area contributed by atoms with Gasteiger partial charge in [0.15, 0.2) is 0 Å². The number of rotatable bonds is 4. The summed E-state index contributed by atoms with van der Waals surface area (Å²) in [4.78, 5) is 11.2. The summed E-state index contributed by atoms with van der Waals surface area (Å²) in [5.41, 5.74) is 0. The van der Waals surface area contributed by atoms with Gasteiger partial charge in [-0.15, -0.1) is 0 Å². The van der Waals surface area contributed by atoms with Crippen LogP contribution in [0.4, 0.5) is 0 Å². The second kappa shape index (κ2) is 5.22. The van der Waals surface area contributed by atoms with Gasteiger partial charge in [0.05, 0.1) is 6.61 Å². The number of ether oxygens (including phenoxy) is 1. The van der Waals surface area contributed by atoms with E-state index in [1.807, 2.05) is 13.8 Å². The summed E-state index contributed by atoms with van der Waals surface area (Å²) in [7, 11) is 0. The molecular weight excluding hydrogens is 166 g/mol. The van der Waals surface area contributed by atoms with Crippen LogP contribution in [0, 0.1) is 11.8 Å². The highest BCUT2D eigenvalue weighted by molar-refractivity contribution is 5.69. The molecule has 0 aromatic heterocycles. The molecule has 0 aliphatic carbocycles. The zero-order chi connectivity index (χ0) is 9.68. The van der Waals surface area contributed by atoms with Gasteiger partial charge < -0.3 is 10.1 Å². The number of carbonyl (C=O) groups excluding carboxylic acids is 1. The minimum absolute atomic E-state index is 0.0538. The molecule has 1 aliphatic heterocycles. The lowest BCUT2D eigenvalue weighted by Crippen LogP contribution is -2.17. The van der Waals surface area contributed by atoms with E-state index in [1.165, 1.54) is 0 Å². The summed E-state index contributed by atoms with van der Waals surface area (Å²) >= 11 is 0. The predicted molar refractivity (Wildman–Crippen MR) is 51.4 cm³/mol. The van der Waals surface area contributed by atoms with E-state index in [0.29, 0.717) is 24.9 Å². The van der Waals surface area contributed by atoms with E-state index in [9.17, 15) is 4.79 Å². The molecule has 0 unspecified atom stereocenters. The average molecular weight is 185 g/mol. The Kier molecular flexibility index (Phi) is 4.22. The van der Waals surface area contributed by atoms with Crippen LogP contribution in [-0.4, -0.2) is 25.7 Å². The van der Waals surface area contributed by atoms with Gasteiger partial charge in [0.25, 0.3) is 0 Å². The van der Waals surface area contributed by atoms with E-state index in [2.05, 4.69) is 5.32 Å². The molecule has 1 atom stereocenters. The summed E-state index contributed by atoms with van der Waals surface area (Å²) in [6.45, 7) is 6.71. The second-order valence-electron chi connectivity index (χ2n) is 4.14. The number of hydrogen-bond donors (Lipinski definition) is 1. The number of hydrogen-bond acceptors (Lipinski definition) is 3. The van der Waals surface area contributed by atoms with Gasteiger partial charge >= 0.3 is 5.97 Å². The van der Waals surface area contributed by atoms with Crippen LogP contribution in [0.1, 0.15) is 26.7 Å². The Morgan fingerprint density at radius 2 is 2.38 bits per heavy atom. The van der Waals surface area contributed by atoms with Gasteiger partial charge in [-0.2, -0.15) is 0 Å². The van der Waals surface area contributed by atoms with E-state index in [-0.39, 0.29) is 5.97 Å². The Hall–Kier alpha value is -0.570. The first-order valence-electron chi connectivity index (χ1n) is 5.05. The van der Waals surface area contributed by atoms with Crippen LogP contribution >= 0.6 is 0 Å². The van der Waals surface area contributed by atoms with Crippen LogP contribution in [-0.2, 0) is 9.53 Å². The molecule has 3 heteroatoms. The summed E-state index contributed by atoms with van der Waals surface area (Å²) in [5, 5.41) is 3.25. The van der Waals surface area contributed by atoms with E-state index >= 15 is 0 Å². The summed E-state index contributed by atoms with van der Waals surface area (Å²) in [6, 6.07) is 0. The highest BCUT2D eigenvalue weighted by Crippen LogP contribution is 2.09. The third-order valence-electron chi connectivity index (χ3n) is 2.22. The quantitative estimate of drug-likeness (QED) is 0.668. The minimum atomic E-state index is -0.0538. The Balaban J connectivity index is 2.07. The second-order valence-corrected chi connectivity index (χ2v) is 4.14. The first kappa shape index (κ1) is 10.5. The smallest absolute Gasteiger partial charge is 0.306 e. The minimum Gasteiger partial charge on any atom is -0.465 e. The molecule has 3 nitrogen and oxygen atoms in total. The summed E-state index contributed by atoms with van der Waals surface area (Å²) < 4.78 is 5.16. The molecule has 0 radical (unpaired) electrons. The van der Waals surface area contributed by atoms with Gasteiger partial charge in [0, 0.05) is 18.9 Å². The van der Waals surface area contributed by atoms with Crippen LogP contribution in [0.5, 0.6) is 0 Å². The van der Waals surface area contributed by atoms with Crippen molar-refractivity contribution in [3.8, 4) is 0 Å². The van der Waals surface area contributed by atoms with Gasteiger partial charge in [0.1, 0.15) is 0 Å². The maximum atomic E-state index is 11.2. The molecule has 0 spiro atoms. The average Bonchev–Trinajstić information content (AvgIpc) is 2.51. The first-order chi connectivity index (χ1) is 6.18. The molecule has 0 aromatic rings. The number of nitrogens with one attached hydrogen (secondary N) is 1. The Bertz CT molecular complexity index is 162. The standard InChI is InChI=1S/C10H19NO2/c1-8(2)5-10(12)13-7-9-3-4-11-6-9/h8-9,11H,3-7H2,1-2H3/t9-/m1/s1. The molecule has 0 amide bonds. The monoisotopic (exact) mass is 185 g/mol. The molecule has 76 valence electrons. The molecule has 1 N–H and O–H groups in total. The molecule has 13 heavy (non-hydrogen) atoms. The SMILES string of the molecule is CC(C)CC(=O)OC[C@@H]1CCNC1. The lowest BCUT2D eigenvalue weighted by Gasteiger charge is -2.10. The van der Waals surface area contributed by atoms with Crippen molar-refractivity contribution >= 4 is 5.97 Å². The van der Waals surface area contributed by atoms with Gasteiger partial charge in [-0.25, -0.2) is 0 Å². The van der Waals surface area contributed by atoms with Crippen molar-refractivity contribution < 1.29 is 9.53 Å². The molecule has 1 aliphatic rings. The summed E-state index contributed by atoms with van der Waals surface area (Å²) in [6.07, 6.45) is 1.68. The van der Waals surface area contributed by atoms with E-state index in [4.69, 9.17) is 4.74 Å². The van der Waals surface area contributed by atoms with Crippen LogP contribution in [0.3, 0.4) is 0 Å². The molecule has 1 rings (SSSR count). The van der Waals surface area contributed by atoms with Crippen molar-refractivity contribution in [2.24, 2.45) is 11.8 Å². The molecule has 0 aromatic carbocycles. The maximum Gasteiger partial charge on any atom is 0.306 e. The lowest BCUT2D eigenvalue weighted by molar-refractivity contribution is -0.145. The van der Waals surface area contributed by atoms with Gasteiger partial charge in [-0.05, 0) is 18.9 Å². The number of carbonyl (C=O) groups is 1. The fraction of sp³-hybridized carbons (Fsp3) is 0.900. The predicted octanol–water partition coefficient (Wildman–Crippen LogP) is 1.19. The van der Waals surface area contributed by atoms with Crippen molar-refractivity contribution in [2.45, 2.75) is 26.7 Å². The van der Waals surface area contributed by atoms with Gasteiger partial charge in [-0.1, -0.05) is 13.8 Å². The van der Waals surface area contributed by atoms with Crippen molar-refractivity contribution in [1.82, 2.24) is 5.32 Å². The number of esters is 1. The van der Waals surface area contributed by atoms with Crippen molar-refractivity contribution in [2.75, 3.05) is 19.7 Å². The van der Waals surface area contributed by atoms with Crippen LogP contribution in [0.15, 0.2) is 0 Å². The van der Waals surface area contributed by atoms with Crippen molar-refractivity contribution in [1.29, 1.82) is 0 Å². The molecule has 0 saturated carbocycles. The Labute approximate surface area is 79.8 Å². The Morgan fingerprint density at radius 3 is 2.92 bits per heavy atom. The van der Waals surface area contributed by atoms with E-state index < -0.39 is 0 Å². The molecular formula is C10H19NO2. The van der Waals surface area contributed by atoms with Crippen LogP contribution in [0.25, 0.3) is 0 Å². The van der Waals surface area contributed by atoms with Gasteiger partial charge in [-0.3, -0.25) is 4.79 Å². The molecule has 0 bridgehead atoms. The third-order valence-corrected chi connectivity index (χ3v) is 2.22. The molecule has 1 fully saturated rings. The van der Waals surface area contributed by atoms with Crippen LogP contribution in [0.2, 0.25) is 0 Å². The van der Waals surface area contributed by atoms with Gasteiger partial charge in [0.2, 0.25) is 0 Å². The Morgan fingerprint density at radius 1 is 1.62 bits per heavy atom. The topological polar surface area (TPSA) is 38.3 Å². The summed E-state index contributed by atoms with van der Waals surface area (Å²) in [5.74, 6) is 0.882. The lowest BCUT2D eigenvalue weighted by atomic mass is 10.1. The molecule has 1 heterocycles. The van der Waals surface area contributed by atoms with E-state index in [0.717, 1.165) is 19.5 Å². The zero-order valence-electron chi connectivity index (χ0n) is 8.51. The van der Waals surface area contributed by atoms with Crippen molar-refractivity contribution in [3.05, 3.63) is 0 Å². The van der Waals surface area contributed by atoms with Crippen molar-refractivity contribution in [3.63, 3.8) is 0 Å².